The van der Waals surface area contributed by atoms with Crippen molar-refractivity contribution in [2.24, 2.45) is 5.92 Å². The fourth-order valence-corrected chi connectivity index (χ4v) is 2.87. The van der Waals surface area contributed by atoms with Gasteiger partial charge in [0.2, 0.25) is 0 Å². The highest BCUT2D eigenvalue weighted by molar-refractivity contribution is 6.31. The second-order valence-corrected chi connectivity index (χ2v) is 5.29. The van der Waals surface area contributed by atoms with E-state index in [-0.39, 0.29) is 11.9 Å². The SMILES string of the molecule is OC(CCc1ccc(F)cc1Cl)C1CCCC1. The van der Waals surface area contributed by atoms with E-state index in [9.17, 15) is 9.50 Å². The van der Waals surface area contributed by atoms with Crippen LogP contribution in [0, 0.1) is 11.7 Å². The van der Waals surface area contributed by atoms with E-state index < -0.39 is 0 Å². The predicted octanol–water partition coefficient (Wildman–Crippen LogP) is 3.96. The van der Waals surface area contributed by atoms with Gasteiger partial charge in [0.15, 0.2) is 0 Å². The summed E-state index contributed by atoms with van der Waals surface area (Å²) in [5.41, 5.74) is 0.921. The van der Waals surface area contributed by atoms with Crippen LogP contribution in [0.15, 0.2) is 18.2 Å². The third-order valence-electron chi connectivity index (χ3n) is 3.67. The van der Waals surface area contributed by atoms with Crippen LogP contribution in [0.4, 0.5) is 4.39 Å². The lowest BCUT2D eigenvalue weighted by Crippen LogP contribution is -2.18. The van der Waals surface area contributed by atoms with Crippen LogP contribution in [0.25, 0.3) is 0 Å². The molecule has 0 aromatic heterocycles. The molecule has 1 aromatic carbocycles. The van der Waals surface area contributed by atoms with Crippen LogP contribution in [0.2, 0.25) is 5.02 Å². The number of aliphatic hydroxyl groups excluding tert-OH is 1. The van der Waals surface area contributed by atoms with Crippen molar-refractivity contribution in [1.29, 1.82) is 0 Å². The standard InChI is InChI=1S/C14H18ClFO/c15-13-9-12(16)7-5-10(13)6-8-14(17)11-3-1-2-4-11/h5,7,9,11,14,17H,1-4,6,8H2. The molecule has 1 N–H and O–H groups in total. The Morgan fingerprint density at radius 2 is 2.06 bits per heavy atom. The van der Waals surface area contributed by atoms with E-state index in [0.717, 1.165) is 31.2 Å². The molecule has 0 spiro atoms. The van der Waals surface area contributed by atoms with Crippen LogP contribution in [-0.2, 0) is 6.42 Å². The van der Waals surface area contributed by atoms with E-state index in [1.165, 1.54) is 25.0 Å². The highest BCUT2D eigenvalue weighted by Gasteiger charge is 2.22. The molecule has 1 unspecified atom stereocenters. The monoisotopic (exact) mass is 256 g/mol. The van der Waals surface area contributed by atoms with E-state index in [2.05, 4.69) is 0 Å². The molecule has 94 valence electrons. The average molecular weight is 257 g/mol. The van der Waals surface area contributed by atoms with Gasteiger partial charge < -0.3 is 5.11 Å². The second-order valence-electron chi connectivity index (χ2n) is 4.89. The molecule has 1 fully saturated rings. The van der Waals surface area contributed by atoms with E-state index in [1.807, 2.05) is 0 Å². The summed E-state index contributed by atoms with van der Waals surface area (Å²) < 4.78 is 12.9. The average Bonchev–Trinajstić information content (AvgIpc) is 2.81. The number of hydrogen-bond acceptors (Lipinski definition) is 1. The van der Waals surface area contributed by atoms with Crippen molar-refractivity contribution in [2.45, 2.75) is 44.6 Å². The van der Waals surface area contributed by atoms with Crippen LogP contribution in [0.1, 0.15) is 37.7 Å². The Morgan fingerprint density at radius 3 is 2.71 bits per heavy atom. The first-order chi connectivity index (χ1) is 8.16. The molecule has 1 saturated carbocycles. The lowest BCUT2D eigenvalue weighted by atomic mass is 9.95. The number of aliphatic hydroxyl groups is 1. The summed E-state index contributed by atoms with van der Waals surface area (Å²) in [5.74, 6) is 0.143. The molecule has 0 saturated heterocycles. The smallest absolute Gasteiger partial charge is 0.124 e. The Morgan fingerprint density at radius 1 is 1.35 bits per heavy atom. The Hall–Kier alpha value is -0.600. The molecule has 2 rings (SSSR count). The van der Waals surface area contributed by atoms with Crippen molar-refractivity contribution in [1.82, 2.24) is 0 Å². The lowest BCUT2D eigenvalue weighted by Gasteiger charge is -2.17. The third kappa shape index (κ3) is 3.43. The van der Waals surface area contributed by atoms with Crippen LogP contribution >= 0.6 is 11.6 Å². The Labute approximate surface area is 107 Å². The number of halogens is 2. The van der Waals surface area contributed by atoms with Crippen molar-refractivity contribution >= 4 is 11.6 Å². The van der Waals surface area contributed by atoms with Crippen LogP contribution in [0.5, 0.6) is 0 Å². The topological polar surface area (TPSA) is 20.2 Å². The normalized spacial score (nSPS) is 18.5. The Kier molecular flexibility index (Phi) is 4.41. The van der Waals surface area contributed by atoms with E-state index in [0.29, 0.717) is 10.9 Å². The summed E-state index contributed by atoms with van der Waals surface area (Å²) in [6, 6.07) is 4.46. The molecule has 0 bridgehead atoms. The minimum atomic E-state index is -0.310. The third-order valence-corrected chi connectivity index (χ3v) is 4.02. The lowest BCUT2D eigenvalue weighted by molar-refractivity contribution is 0.102. The Bertz CT molecular complexity index is 374. The number of rotatable bonds is 4. The van der Waals surface area contributed by atoms with Gasteiger partial charge >= 0.3 is 0 Å². The maximum absolute atomic E-state index is 12.9. The molecule has 0 radical (unpaired) electrons. The van der Waals surface area contributed by atoms with Gasteiger partial charge in [-0.3, -0.25) is 0 Å². The van der Waals surface area contributed by atoms with Gasteiger partial charge in [-0.2, -0.15) is 0 Å². The number of aryl methyl sites for hydroxylation is 1. The molecule has 1 atom stereocenters. The van der Waals surface area contributed by atoms with Gasteiger partial charge in [0, 0.05) is 5.02 Å². The van der Waals surface area contributed by atoms with E-state index in [1.54, 1.807) is 6.07 Å². The second kappa shape index (κ2) is 5.83. The molecule has 1 aliphatic rings. The van der Waals surface area contributed by atoms with Crippen LogP contribution in [-0.4, -0.2) is 11.2 Å². The fourth-order valence-electron chi connectivity index (χ4n) is 2.61. The quantitative estimate of drug-likeness (QED) is 0.865. The van der Waals surface area contributed by atoms with Gasteiger partial charge in [-0.15, -0.1) is 0 Å². The zero-order chi connectivity index (χ0) is 12.3. The zero-order valence-corrected chi connectivity index (χ0v) is 10.6. The van der Waals surface area contributed by atoms with Crippen molar-refractivity contribution in [3.05, 3.63) is 34.6 Å². The molecule has 1 nitrogen and oxygen atoms in total. The minimum absolute atomic E-state index is 0.237. The molecule has 1 aliphatic carbocycles. The fraction of sp³-hybridized carbons (Fsp3) is 0.571. The molecule has 3 heteroatoms. The Balaban J connectivity index is 1.88. The maximum atomic E-state index is 12.9. The van der Waals surface area contributed by atoms with Gasteiger partial charge in [-0.05, 0) is 49.3 Å². The molecular weight excluding hydrogens is 239 g/mol. The molecule has 0 aliphatic heterocycles. The van der Waals surface area contributed by atoms with Crippen LogP contribution in [0.3, 0.4) is 0 Å². The highest BCUT2D eigenvalue weighted by Crippen LogP contribution is 2.30. The summed E-state index contributed by atoms with van der Waals surface area (Å²) in [7, 11) is 0. The number of benzene rings is 1. The maximum Gasteiger partial charge on any atom is 0.124 e. The molecule has 17 heavy (non-hydrogen) atoms. The first-order valence-corrected chi connectivity index (χ1v) is 6.66. The highest BCUT2D eigenvalue weighted by atomic mass is 35.5. The van der Waals surface area contributed by atoms with E-state index >= 15 is 0 Å². The predicted molar refractivity (Wildman–Crippen MR) is 67.7 cm³/mol. The molecule has 0 heterocycles. The molecule has 0 amide bonds. The van der Waals surface area contributed by atoms with Gasteiger partial charge in [0.25, 0.3) is 0 Å². The summed E-state index contributed by atoms with van der Waals surface area (Å²) in [4.78, 5) is 0. The number of hydrogen-bond donors (Lipinski definition) is 1. The summed E-state index contributed by atoms with van der Waals surface area (Å²) >= 11 is 5.95. The van der Waals surface area contributed by atoms with Gasteiger partial charge in [-0.25, -0.2) is 4.39 Å². The van der Waals surface area contributed by atoms with Gasteiger partial charge in [0.1, 0.15) is 5.82 Å². The summed E-state index contributed by atoms with van der Waals surface area (Å²) in [6.45, 7) is 0. The van der Waals surface area contributed by atoms with Crippen LogP contribution < -0.4 is 0 Å². The van der Waals surface area contributed by atoms with Crippen molar-refractivity contribution in [2.75, 3.05) is 0 Å². The minimum Gasteiger partial charge on any atom is -0.393 e. The summed E-state index contributed by atoms with van der Waals surface area (Å²) in [6.07, 6.45) is 5.94. The molecule has 1 aromatic rings. The molecular formula is C14H18ClFO. The van der Waals surface area contributed by atoms with Crippen molar-refractivity contribution in [3.8, 4) is 0 Å². The van der Waals surface area contributed by atoms with Gasteiger partial charge in [-0.1, -0.05) is 30.5 Å². The summed E-state index contributed by atoms with van der Waals surface area (Å²) in [5, 5.41) is 10.5. The zero-order valence-electron chi connectivity index (χ0n) is 9.83. The van der Waals surface area contributed by atoms with Crippen molar-refractivity contribution < 1.29 is 9.50 Å². The first-order valence-electron chi connectivity index (χ1n) is 6.29. The van der Waals surface area contributed by atoms with E-state index in [4.69, 9.17) is 11.6 Å². The van der Waals surface area contributed by atoms with Crippen molar-refractivity contribution in [3.63, 3.8) is 0 Å². The first kappa shape index (κ1) is 12.8. The largest absolute Gasteiger partial charge is 0.393 e. The van der Waals surface area contributed by atoms with Gasteiger partial charge in [0.05, 0.1) is 6.10 Å².